The number of carbonyl (C=O) groups excluding carboxylic acids is 1. The Bertz CT molecular complexity index is 393. The molecule has 0 bridgehead atoms. The predicted molar refractivity (Wildman–Crippen MR) is 75.1 cm³/mol. The summed E-state index contributed by atoms with van der Waals surface area (Å²) < 4.78 is 9.01. The molecular weight excluding hydrogens is 250 g/mol. The lowest BCUT2D eigenvalue weighted by atomic mass is 10.1. The van der Waals surface area contributed by atoms with Crippen molar-refractivity contribution in [1.82, 2.24) is 4.37 Å². The maximum atomic E-state index is 11.8. The molecule has 1 rings (SSSR count). The minimum atomic E-state index is -0.405. The van der Waals surface area contributed by atoms with Crippen LogP contribution in [0, 0.1) is 0 Å². The summed E-state index contributed by atoms with van der Waals surface area (Å²) in [4.78, 5) is 11.8. The van der Waals surface area contributed by atoms with Gasteiger partial charge in [-0.25, -0.2) is 4.79 Å². The Morgan fingerprint density at radius 2 is 2.22 bits per heavy atom. The van der Waals surface area contributed by atoms with Gasteiger partial charge in [0.15, 0.2) is 5.82 Å². The third-order valence-electron chi connectivity index (χ3n) is 2.66. The molecule has 0 aromatic carbocycles. The number of nitrogens with two attached hydrogens (primary N) is 1. The molecule has 1 heterocycles. The predicted octanol–water partition coefficient (Wildman–Crippen LogP) is 2.89. The normalized spacial score (nSPS) is 12.2. The molecule has 3 N–H and O–H groups in total. The Morgan fingerprint density at radius 3 is 2.78 bits per heavy atom. The van der Waals surface area contributed by atoms with Crippen LogP contribution in [0.15, 0.2) is 0 Å². The van der Waals surface area contributed by atoms with Crippen LogP contribution in [-0.4, -0.2) is 23.0 Å². The van der Waals surface area contributed by atoms with Gasteiger partial charge in [0.25, 0.3) is 0 Å². The minimum absolute atomic E-state index is 0.243. The molecule has 0 saturated carbocycles. The second-order valence-electron chi connectivity index (χ2n) is 4.03. The summed E-state index contributed by atoms with van der Waals surface area (Å²) in [6.07, 6.45) is 3.14. The van der Waals surface area contributed by atoms with Crippen LogP contribution in [-0.2, 0) is 4.74 Å². The number of carbonyl (C=O) groups is 1. The number of hydrogen-bond acceptors (Lipinski definition) is 6. The van der Waals surface area contributed by atoms with Crippen LogP contribution in [0.5, 0.6) is 0 Å². The first-order valence-electron chi connectivity index (χ1n) is 6.32. The van der Waals surface area contributed by atoms with Crippen LogP contribution in [0.1, 0.15) is 50.4 Å². The van der Waals surface area contributed by atoms with E-state index in [1.165, 1.54) is 11.5 Å². The van der Waals surface area contributed by atoms with Crippen molar-refractivity contribution in [2.75, 3.05) is 17.7 Å². The smallest absolute Gasteiger partial charge is 0.344 e. The molecule has 0 aliphatic carbocycles. The van der Waals surface area contributed by atoms with Crippen molar-refractivity contribution in [2.24, 2.45) is 0 Å². The molecule has 0 fully saturated rings. The van der Waals surface area contributed by atoms with E-state index in [-0.39, 0.29) is 5.82 Å². The van der Waals surface area contributed by atoms with E-state index in [1.54, 1.807) is 6.92 Å². The van der Waals surface area contributed by atoms with E-state index in [9.17, 15) is 4.79 Å². The van der Waals surface area contributed by atoms with Crippen molar-refractivity contribution in [2.45, 2.75) is 46.1 Å². The molecule has 1 unspecified atom stereocenters. The average Bonchev–Trinajstić information content (AvgIpc) is 2.70. The summed E-state index contributed by atoms with van der Waals surface area (Å²) in [6.45, 7) is 6.35. The Kier molecular flexibility index (Phi) is 5.91. The molecule has 0 spiro atoms. The van der Waals surface area contributed by atoms with Gasteiger partial charge in [0.05, 0.1) is 6.61 Å². The highest BCUT2D eigenvalue weighted by atomic mass is 32.1. The first-order chi connectivity index (χ1) is 8.63. The third kappa shape index (κ3) is 3.60. The number of aromatic nitrogens is 1. The van der Waals surface area contributed by atoms with Gasteiger partial charge in [-0.1, -0.05) is 20.3 Å². The van der Waals surface area contributed by atoms with Gasteiger partial charge in [-0.05, 0) is 31.3 Å². The highest BCUT2D eigenvalue weighted by Crippen LogP contribution is 2.29. The Balaban J connectivity index is 2.85. The summed E-state index contributed by atoms with van der Waals surface area (Å²) in [6, 6.07) is 0.336. The zero-order valence-electron chi connectivity index (χ0n) is 11.2. The van der Waals surface area contributed by atoms with E-state index in [1.807, 2.05) is 0 Å². The van der Waals surface area contributed by atoms with Crippen molar-refractivity contribution in [3.63, 3.8) is 0 Å². The monoisotopic (exact) mass is 271 g/mol. The van der Waals surface area contributed by atoms with E-state index in [4.69, 9.17) is 10.5 Å². The fourth-order valence-electron chi connectivity index (χ4n) is 1.71. The number of rotatable bonds is 7. The van der Waals surface area contributed by atoms with Gasteiger partial charge >= 0.3 is 5.97 Å². The first-order valence-corrected chi connectivity index (χ1v) is 7.10. The standard InChI is InChI=1S/C12H21N3O2S/c1-4-7-8(5-2)14-11-9(10(13)15-18-11)12(16)17-6-3/h8,14H,4-7H2,1-3H3,(H2,13,15). The fourth-order valence-corrected chi connectivity index (χ4v) is 2.49. The van der Waals surface area contributed by atoms with Crippen molar-refractivity contribution in [1.29, 1.82) is 0 Å². The highest BCUT2D eigenvalue weighted by molar-refractivity contribution is 7.11. The van der Waals surface area contributed by atoms with Crippen molar-refractivity contribution < 1.29 is 9.53 Å². The van der Waals surface area contributed by atoms with Crippen LogP contribution in [0.4, 0.5) is 10.8 Å². The van der Waals surface area contributed by atoms with Gasteiger partial charge in [0.2, 0.25) is 0 Å². The zero-order valence-corrected chi connectivity index (χ0v) is 12.0. The molecular formula is C12H21N3O2S. The number of nitrogens with one attached hydrogen (secondary N) is 1. The maximum absolute atomic E-state index is 11.8. The molecule has 0 saturated heterocycles. The number of ether oxygens (including phenoxy) is 1. The molecule has 5 nitrogen and oxygen atoms in total. The summed E-state index contributed by atoms with van der Waals surface area (Å²) in [5.41, 5.74) is 6.09. The Labute approximate surface area is 112 Å². The molecule has 0 radical (unpaired) electrons. The van der Waals surface area contributed by atoms with Gasteiger partial charge in [-0.2, -0.15) is 4.37 Å². The molecule has 1 atom stereocenters. The van der Waals surface area contributed by atoms with Gasteiger partial charge in [0.1, 0.15) is 10.6 Å². The number of nitrogens with zero attached hydrogens (tertiary/aromatic N) is 1. The molecule has 0 amide bonds. The fraction of sp³-hybridized carbons (Fsp3) is 0.667. The summed E-state index contributed by atoms with van der Waals surface area (Å²) >= 11 is 1.21. The minimum Gasteiger partial charge on any atom is -0.462 e. The van der Waals surface area contributed by atoms with Crippen LogP contribution in [0.25, 0.3) is 0 Å². The van der Waals surface area contributed by atoms with E-state index in [2.05, 4.69) is 23.5 Å². The molecule has 6 heteroatoms. The van der Waals surface area contributed by atoms with Gasteiger partial charge in [0, 0.05) is 6.04 Å². The van der Waals surface area contributed by atoms with Crippen molar-refractivity contribution >= 4 is 28.3 Å². The van der Waals surface area contributed by atoms with Crippen LogP contribution >= 0.6 is 11.5 Å². The van der Waals surface area contributed by atoms with Gasteiger partial charge in [-0.3, -0.25) is 0 Å². The lowest BCUT2D eigenvalue weighted by molar-refractivity contribution is 0.0529. The Morgan fingerprint density at radius 1 is 1.50 bits per heavy atom. The van der Waals surface area contributed by atoms with Crippen LogP contribution < -0.4 is 11.1 Å². The van der Waals surface area contributed by atoms with Crippen LogP contribution in [0.2, 0.25) is 0 Å². The number of esters is 1. The van der Waals surface area contributed by atoms with Gasteiger partial charge < -0.3 is 15.8 Å². The molecule has 102 valence electrons. The number of anilines is 2. The third-order valence-corrected chi connectivity index (χ3v) is 3.46. The lowest BCUT2D eigenvalue weighted by Crippen LogP contribution is -2.19. The number of nitrogen functional groups attached to an aromatic ring is 1. The van der Waals surface area contributed by atoms with Gasteiger partial charge in [-0.15, -0.1) is 0 Å². The molecule has 1 aromatic heterocycles. The van der Waals surface area contributed by atoms with Crippen molar-refractivity contribution in [3.05, 3.63) is 5.56 Å². The largest absolute Gasteiger partial charge is 0.462 e. The van der Waals surface area contributed by atoms with Crippen molar-refractivity contribution in [3.8, 4) is 0 Å². The molecule has 0 aliphatic rings. The quantitative estimate of drug-likeness (QED) is 0.746. The van der Waals surface area contributed by atoms with E-state index < -0.39 is 5.97 Å². The molecule has 1 aromatic rings. The van der Waals surface area contributed by atoms with E-state index in [0.29, 0.717) is 23.2 Å². The Hall–Kier alpha value is -1.30. The number of hydrogen-bond donors (Lipinski definition) is 2. The SMILES string of the molecule is CCCC(CC)Nc1snc(N)c1C(=O)OCC. The highest BCUT2D eigenvalue weighted by Gasteiger charge is 2.21. The van der Waals surface area contributed by atoms with E-state index >= 15 is 0 Å². The second kappa shape index (κ2) is 7.20. The second-order valence-corrected chi connectivity index (χ2v) is 4.80. The van der Waals surface area contributed by atoms with Crippen LogP contribution in [0.3, 0.4) is 0 Å². The maximum Gasteiger partial charge on any atom is 0.344 e. The zero-order chi connectivity index (χ0) is 13.5. The van der Waals surface area contributed by atoms with E-state index in [0.717, 1.165) is 19.3 Å². The summed E-state index contributed by atoms with van der Waals surface area (Å²) in [5.74, 6) is -0.162. The first kappa shape index (κ1) is 14.8. The molecule has 18 heavy (non-hydrogen) atoms. The summed E-state index contributed by atoms with van der Waals surface area (Å²) in [7, 11) is 0. The molecule has 0 aliphatic heterocycles. The summed E-state index contributed by atoms with van der Waals surface area (Å²) in [5, 5.41) is 4.05. The lowest BCUT2D eigenvalue weighted by Gasteiger charge is -2.16. The topological polar surface area (TPSA) is 77.2 Å². The average molecular weight is 271 g/mol.